The summed E-state index contributed by atoms with van der Waals surface area (Å²) in [6.07, 6.45) is 4.18. The third kappa shape index (κ3) is 3.67. The molecule has 1 N–H and O–H groups in total. The summed E-state index contributed by atoms with van der Waals surface area (Å²) in [7, 11) is 0. The van der Waals surface area contributed by atoms with Crippen LogP contribution in [-0.4, -0.2) is 16.4 Å². The van der Waals surface area contributed by atoms with Crippen molar-refractivity contribution in [1.82, 2.24) is 9.88 Å². The number of rotatable bonds is 5. The number of para-hydroxylation sites is 1. The van der Waals surface area contributed by atoms with Crippen molar-refractivity contribution >= 4 is 10.9 Å². The van der Waals surface area contributed by atoms with Crippen LogP contribution in [0.5, 0.6) is 0 Å². The molecule has 2 heterocycles. The molecular weight excluding hydrogens is 342 g/mol. The van der Waals surface area contributed by atoms with Gasteiger partial charge in [0.1, 0.15) is 0 Å². The third-order valence-electron chi connectivity index (χ3n) is 5.50. The van der Waals surface area contributed by atoms with E-state index < -0.39 is 5.92 Å². The first-order valence-corrected chi connectivity index (χ1v) is 9.49. The monoisotopic (exact) mass is 366 g/mol. The average Bonchev–Trinajstić information content (AvgIpc) is 3.13. The van der Waals surface area contributed by atoms with Gasteiger partial charge in [-0.2, -0.15) is 8.78 Å². The molecule has 2 aromatic carbocycles. The van der Waals surface area contributed by atoms with Crippen molar-refractivity contribution in [2.45, 2.75) is 37.8 Å². The van der Waals surface area contributed by atoms with Gasteiger partial charge in [-0.3, -0.25) is 4.90 Å². The first-order valence-electron chi connectivity index (χ1n) is 9.49. The predicted octanol–water partition coefficient (Wildman–Crippen LogP) is 6.17. The number of benzene rings is 2. The van der Waals surface area contributed by atoms with Crippen LogP contribution in [0.4, 0.5) is 8.78 Å². The van der Waals surface area contributed by atoms with E-state index >= 15 is 0 Å². The minimum Gasteiger partial charge on any atom is -0.357 e. The van der Waals surface area contributed by atoms with E-state index in [1.54, 1.807) is 0 Å². The Labute approximate surface area is 158 Å². The minimum absolute atomic E-state index is 0.00735. The first kappa shape index (κ1) is 17.9. The van der Waals surface area contributed by atoms with Crippen LogP contribution in [-0.2, 0) is 12.5 Å². The molecule has 2 nitrogen and oxygen atoms in total. The lowest BCUT2D eigenvalue weighted by Gasteiger charge is -2.35. The number of H-pyrrole nitrogens is 1. The number of likely N-dealkylation sites (tertiary alicyclic amines) is 1. The van der Waals surface area contributed by atoms with Crippen molar-refractivity contribution in [2.75, 3.05) is 6.54 Å². The number of nitrogens with zero attached hydrogens (tertiary/aromatic N) is 1. The highest BCUT2D eigenvalue weighted by molar-refractivity contribution is 5.80. The molecule has 0 spiro atoms. The van der Waals surface area contributed by atoms with Gasteiger partial charge in [0, 0.05) is 23.3 Å². The molecule has 4 heteroatoms. The fourth-order valence-corrected chi connectivity index (χ4v) is 3.99. The Kier molecular flexibility index (Phi) is 4.83. The summed E-state index contributed by atoms with van der Waals surface area (Å²) >= 11 is 0. The molecule has 0 saturated carbocycles. The quantitative estimate of drug-likeness (QED) is 0.535. The number of aromatic amines is 1. The maximum absolute atomic E-state index is 13.7. The summed E-state index contributed by atoms with van der Waals surface area (Å²) in [5, 5.41) is 1.23. The Morgan fingerprint density at radius 3 is 2.63 bits per heavy atom. The van der Waals surface area contributed by atoms with Crippen LogP contribution in [0.3, 0.4) is 0 Å². The van der Waals surface area contributed by atoms with E-state index in [9.17, 15) is 8.78 Å². The van der Waals surface area contributed by atoms with Crippen LogP contribution < -0.4 is 0 Å². The molecule has 1 aromatic heterocycles. The second kappa shape index (κ2) is 7.28. The lowest BCUT2D eigenvalue weighted by Crippen LogP contribution is -2.33. The zero-order chi connectivity index (χ0) is 18.9. The van der Waals surface area contributed by atoms with E-state index in [1.165, 1.54) is 36.1 Å². The lowest BCUT2D eigenvalue weighted by molar-refractivity contribution is 0.0525. The third-order valence-corrected chi connectivity index (χ3v) is 5.50. The van der Waals surface area contributed by atoms with Crippen molar-refractivity contribution in [2.24, 2.45) is 0 Å². The van der Waals surface area contributed by atoms with E-state index in [0.29, 0.717) is 12.1 Å². The van der Waals surface area contributed by atoms with Gasteiger partial charge in [-0.1, -0.05) is 55.5 Å². The smallest absolute Gasteiger partial charge is 0.291 e. The number of nitrogens with one attached hydrogen (secondary N) is 1. The normalized spacial score (nSPS) is 18.7. The highest BCUT2D eigenvalue weighted by Gasteiger charge is 2.28. The number of allylic oxidation sites excluding steroid dienone is 1. The Hall–Kier alpha value is -2.46. The Bertz CT molecular complexity index is 894. The van der Waals surface area contributed by atoms with Crippen molar-refractivity contribution in [3.63, 3.8) is 0 Å². The summed E-state index contributed by atoms with van der Waals surface area (Å²) < 4.78 is 27.5. The van der Waals surface area contributed by atoms with Gasteiger partial charge in [-0.05, 0) is 48.5 Å². The Morgan fingerprint density at radius 2 is 1.89 bits per heavy atom. The number of hydrogen-bond donors (Lipinski definition) is 1. The van der Waals surface area contributed by atoms with E-state index in [2.05, 4.69) is 40.7 Å². The average molecular weight is 366 g/mol. The van der Waals surface area contributed by atoms with Gasteiger partial charge in [0.25, 0.3) is 5.92 Å². The minimum atomic E-state index is -2.98. The largest absolute Gasteiger partial charge is 0.357 e. The van der Waals surface area contributed by atoms with E-state index in [1.807, 2.05) is 18.2 Å². The second-order valence-electron chi connectivity index (χ2n) is 7.32. The number of hydrogen-bond acceptors (Lipinski definition) is 1. The SMILES string of the molecule is C=CC(F)(F)c1ccc(CN2CCCCC2c2cc3ccccc3[nH]2)cc1. The van der Waals surface area contributed by atoms with Gasteiger partial charge < -0.3 is 4.98 Å². The molecule has 3 aromatic rings. The Balaban J connectivity index is 1.55. The fourth-order valence-electron chi connectivity index (χ4n) is 3.99. The molecule has 1 atom stereocenters. The maximum Gasteiger partial charge on any atom is 0.291 e. The second-order valence-corrected chi connectivity index (χ2v) is 7.32. The van der Waals surface area contributed by atoms with Crippen LogP contribution in [0.1, 0.15) is 42.1 Å². The fraction of sp³-hybridized carbons (Fsp3) is 0.304. The summed E-state index contributed by atoms with van der Waals surface area (Å²) in [4.78, 5) is 6.02. The number of halogens is 2. The van der Waals surface area contributed by atoms with Gasteiger partial charge in [-0.25, -0.2) is 0 Å². The molecule has 1 saturated heterocycles. The van der Waals surface area contributed by atoms with Gasteiger partial charge in [-0.15, -0.1) is 0 Å². The van der Waals surface area contributed by atoms with E-state index in [4.69, 9.17) is 0 Å². The zero-order valence-corrected chi connectivity index (χ0v) is 15.3. The van der Waals surface area contributed by atoms with Crippen molar-refractivity contribution < 1.29 is 8.78 Å². The molecule has 0 bridgehead atoms. The lowest BCUT2D eigenvalue weighted by atomic mass is 9.98. The van der Waals surface area contributed by atoms with Crippen LogP contribution >= 0.6 is 0 Å². The molecule has 1 aliphatic heterocycles. The molecule has 1 unspecified atom stereocenters. The van der Waals surface area contributed by atoms with Crippen LogP contribution in [0, 0.1) is 0 Å². The van der Waals surface area contributed by atoms with Crippen molar-refractivity contribution in [1.29, 1.82) is 0 Å². The van der Waals surface area contributed by atoms with Crippen molar-refractivity contribution in [3.05, 3.63) is 84.1 Å². The molecule has 27 heavy (non-hydrogen) atoms. The number of aromatic nitrogens is 1. The molecule has 140 valence electrons. The molecule has 0 amide bonds. The number of fused-ring (bicyclic) bond motifs is 1. The van der Waals surface area contributed by atoms with Gasteiger partial charge in [0.15, 0.2) is 0 Å². The molecule has 1 fully saturated rings. The molecular formula is C23H24F2N2. The van der Waals surface area contributed by atoms with E-state index in [-0.39, 0.29) is 5.56 Å². The first-order chi connectivity index (χ1) is 13.1. The molecule has 4 rings (SSSR count). The van der Waals surface area contributed by atoms with Gasteiger partial charge in [0.05, 0.1) is 6.04 Å². The van der Waals surface area contributed by atoms with Crippen LogP contribution in [0.2, 0.25) is 0 Å². The summed E-state index contributed by atoms with van der Waals surface area (Å²) in [5.41, 5.74) is 3.45. The van der Waals surface area contributed by atoms with Crippen LogP contribution in [0.25, 0.3) is 10.9 Å². The predicted molar refractivity (Wildman–Crippen MR) is 106 cm³/mol. The maximum atomic E-state index is 13.7. The highest BCUT2D eigenvalue weighted by Crippen LogP contribution is 2.34. The summed E-state index contributed by atoms with van der Waals surface area (Å²) in [6, 6.07) is 17.5. The highest BCUT2D eigenvalue weighted by atomic mass is 19.3. The molecule has 1 aliphatic rings. The molecule has 0 radical (unpaired) electrons. The zero-order valence-electron chi connectivity index (χ0n) is 15.3. The van der Waals surface area contributed by atoms with Gasteiger partial charge in [0.2, 0.25) is 0 Å². The van der Waals surface area contributed by atoms with Crippen LogP contribution in [0.15, 0.2) is 67.3 Å². The van der Waals surface area contributed by atoms with E-state index in [0.717, 1.165) is 30.6 Å². The number of alkyl halides is 2. The summed E-state index contributed by atoms with van der Waals surface area (Å²) in [6.45, 7) is 5.01. The standard InChI is InChI=1S/C23H24F2N2/c1-2-23(24,25)19-12-10-17(11-13-19)16-27-14-6-5-9-22(27)21-15-18-7-3-4-8-20(18)26-21/h2-4,7-8,10-13,15,22,26H,1,5-6,9,14,16H2. The summed E-state index contributed by atoms with van der Waals surface area (Å²) in [5.74, 6) is -2.98. The Morgan fingerprint density at radius 1 is 1.11 bits per heavy atom. The van der Waals surface area contributed by atoms with Crippen molar-refractivity contribution in [3.8, 4) is 0 Å². The number of piperidine rings is 1. The molecule has 0 aliphatic carbocycles. The topological polar surface area (TPSA) is 19.0 Å². The van der Waals surface area contributed by atoms with Gasteiger partial charge >= 0.3 is 0 Å².